The zero-order chi connectivity index (χ0) is 19.3. The Morgan fingerprint density at radius 3 is 2.62 bits per heavy atom. The predicted octanol–water partition coefficient (Wildman–Crippen LogP) is 3.86. The number of hydrazone groups is 1. The Labute approximate surface area is 155 Å². The van der Waals surface area contributed by atoms with Gasteiger partial charge in [-0.25, -0.2) is 0 Å². The molecule has 0 saturated carbocycles. The Bertz CT molecular complexity index is 913. The van der Waals surface area contributed by atoms with Crippen LogP contribution in [0.4, 0.5) is 13.2 Å². The van der Waals surface area contributed by atoms with Gasteiger partial charge in [0.05, 0.1) is 15.7 Å². The minimum atomic E-state index is -5.07. The molecule has 0 aliphatic carbocycles. The van der Waals surface area contributed by atoms with Crippen molar-refractivity contribution in [1.82, 2.24) is 15.2 Å². The molecule has 2 aromatic rings. The number of H-pyrrole nitrogens is 1. The summed E-state index contributed by atoms with van der Waals surface area (Å²) in [5.74, 6) is -1.17. The normalized spacial score (nSPS) is 20.4. The molecule has 1 aliphatic rings. The lowest BCUT2D eigenvalue weighted by atomic mass is 10.1. The van der Waals surface area contributed by atoms with Gasteiger partial charge in [-0.1, -0.05) is 29.3 Å². The highest BCUT2D eigenvalue weighted by molar-refractivity contribution is 6.42. The highest BCUT2D eigenvalue weighted by Crippen LogP contribution is 2.41. The number of alkyl halides is 3. The molecule has 2 heterocycles. The third-order valence-electron chi connectivity index (χ3n) is 3.79. The van der Waals surface area contributed by atoms with Crippen LogP contribution < -0.4 is 0 Å². The summed E-state index contributed by atoms with van der Waals surface area (Å²) in [6, 6.07) is 5.84. The van der Waals surface area contributed by atoms with E-state index in [9.17, 15) is 23.1 Å². The molecule has 1 aromatic carbocycles. The van der Waals surface area contributed by atoms with Crippen molar-refractivity contribution in [1.29, 1.82) is 0 Å². The van der Waals surface area contributed by atoms with Crippen LogP contribution in [0.2, 0.25) is 10.0 Å². The van der Waals surface area contributed by atoms with Gasteiger partial charge in [0.2, 0.25) is 0 Å². The third kappa shape index (κ3) is 3.06. The van der Waals surface area contributed by atoms with Crippen LogP contribution in [-0.4, -0.2) is 43.8 Å². The number of hydrogen-bond acceptors (Lipinski definition) is 4. The van der Waals surface area contributed by atoms with E-state index >= 15 is 0 Å². The van der Waals surface area contributed by atoms with E-state index in [1.807, 2.05) is 0 Å². The quantitative estimate of drug-likeness (QED) is 0.794. The molecule has 1 aliphatic heterocycles. The van der Waals surface area contributed by atoms with Gasteiger partial charge in [-0.2, -0.15) is 28.4 Å². The first kappa shape index (κ1) is 18.7. The maximum absolute atomic E-state index is 13.2. The number of benzene rings is 1. The molecule has 0 bridgehead atoms. The molecular formula is C15H11Cl2F3N4O2. The molecule has 0 fully saturated rings. The van der Waals surface area contributed by atoms with Gasteiger partial charge in [0, 0.05) is 17.7 Å². The van der Waals surface area contributed by atoms with E-state index in [0.29, 0.717) is 10.6 Å². The van der Waals surface area contributed by atoms with Crippen molar-refractivity contribution in [2.24, 2.45) is 5.10 Å². The molecule has 26 heavy (non-hydrogen) atoms. The van der Waals surface area contributed by atoms with Crippen LogP contribution in [0.5, 0.6) is 0 Å². The topological polar surface area (TPSA) is 81.6 Å². The molecule has 1 amide bonds. The highest BCUT2D eigenvalue weighted by Gasteiger charge is 2.62. The van der Waals surface area contributed by atoms with E-state index < -0.39 is 24.2 Å². The molecular weight excluding hydrogens is 396 g/mol. The number of aromatic nitrogens is 2. The average Bonchev–Trinajstić information content (AvgIpc) is 3.14. The maximum atomic E-state index is 13.2. The number of carbonyl (C=O) groups excluding carboxylic acids is 1. The predicted molar refractivity (Wildman–Crippen MR) is 88.9 cm³/mol. The largest absolute Gasteiger partial charge is 0.438 e. The zero-order valence-electron chi connectivity index (χ0n) is 13.1. The smallest absolute Gasteiger partial charge is 0.362 e. The second-order valence-electron chi connectivity index (χ2n) is 5.74. The number of aromatic amines is 1. The van der Waals surface area contributed by atoms with Crippen molar-refractivity contribution in [3.8, 4) is 11.3 Å². The van der Waals surface area contributed by atoms with Crippen LogP contribution in [-0.2, 0) is 0 Å². The lowest BCUT2D eigenvalue weighted by molar-refractivity contribution is -0.297. The van der Waals surface area contributed by atoms with Gasteiger partial charge >= 0.3 is 6.18 Å². The molecule has 0 unspecified atom stereocenters. The summed E-state index contributed by atoms with van der Waals surface area (Å²) >= 11 is 11.7. The lowest BCUT2D eigenvalue weighted by Crippen LogP contribution is -2.56. The van der Waals surface area contributed by atoms with Crippen molar-refractivity contribution in [2.45, 2.75) is 25.2 Å². The Hall–Kier alpha value is -2.10. The number of nitrogens with zero attached hydrogens (tertiary/aromatic N) is 3. The van der Waals surface area contributed by atoms with Crippen molar-refractivity contribution < 1.29 is 23.1 Å². The molecule has 138 valence electrons. The molecule has 11 heteroatoms. The first-order valence-corrected chi connectivity index (χ1v) is 7.97. The van der Waals surface area contributed by atoms with E-state index in [-0.39, 0.29) is 27.1 Å². The number of halogens is 5. The summed E-state index contributed by atoms with van der Waals surface area (Å²) in [4.78, 5) is 12.5. The number of amides is 1. The zero-order valence-corrected chi connectivity index (χ0v) is 14.6. The second kappa shape index (κ2) is 6.26. The van der Waals surface area contributed by atoms with E-state index in [4.69, 9.17) is 23.2 Å². The molecule has 1 atom stereocenters. The number of carbonyl (C=O) groups is 1. The van der Waals surface area contributed by atoms with E-state index in [1.54, 1.807) is 6.07 Å². The van der Waals surface area contributed by atoms with Crippen molar-refractivity contribution in [3.63, 3.8) is 0 Å². The monoisotopic (exact) mass is 406 g/mol. The fraction of sp³-hybridized carbons (Fsp3) is 0.267. The van der Waals surface area contributed by atoms with Crippen LogP contribution in [0.25, 0.3) is 11.3 Å². The van der Waals surface area contributed by atoms with Gasteiger partial charge in [0.1, 0.15) is 5.69 Å². The fourth-order valence-corrected chi connectivity index (χ4v) is 2.80. The van der Waals surface area contributed by atoms with E-state index in [1.165, 1.54) is 25.1 Å². The molecule has 0 spiro atoms. The SMILES string of the molecule is CC1=NN(C(=O)c2cc(-c3ccc(Cl)c(Cl)c3)n[nH]2)[C@@](O)(C(F)(F)F)C1. The third-order valence-corrected chi connectivity index (χ3v) is 4.53. The molecule has 0 saturated heterocycles. The van der Waals surface area contributed by atoms with Crippen LogP contribution in [0, 0.1) is 0 Å². The average molecular weight is 407 g/mol. The number of hydrogen-bond donors (Lipinski definition) is 2. The van der Waals surface area contributed by atoms with Crippen LogP contribution >= 0.6 is 23.2 Å². The Morgan fingerprint density at radius 2 is 2.00 bits per heavy atom. The maximum Gasteiger partial charge on any atom is 0.438 e. The fourth-order valence-electron chi connectivity index (χ4n) is 2.50. The van der Waals surface area contributed by atoms with Crippen LogP contribution in [0.15, 0.2) is 29.4 Å². The lowest BCUT2D eigenvalue weighted by Gasteiger charge is -2.32. The van der Waals surface area contributed by atoms with Gasteiger partial charge in [-0.05, 0) is 25.1 Å². The van der Waals surface area contributed by atoms with Gasteiger partial charge in [-0.3, -0.25) is 9.89 Å². The summed E-state index contributed by atoms with van der Waals surface area (Å²) in [6.07, 6.45) is -5.90. The van der Waals surface area contributed by atoms with Gasteiger partial charge < -0.3 is 5.11 Å². The van der Waals surface area contributed by atoms with Crippen molar-refractivity contribution in [2.75, 3.05) is 0 Å². The summed E-state index contributed by atoms with van der Waals surface area (Å²) in [5, 5.41) is 20.4. The van der Waals surface area contributed by atoms with E-state index in [2.05, 4.69) is 15.3 Å². The van der Waals surface area contributed by atoms with E-state index in [0.717, 1.165) is 0 Å². The summed E-state index contributed by atoms with van der Waals surface area (Å²) in [7, 11) is 0. The van der Waals surface area contributed by atoms with Gasteiger partial charge in [0.25, 0.3) is 11.6 Å². The summed E-state index contributed by atoms with van der Waals surface area (Å²) in [6.45, 7) is 1.29. The second-order valence-corrected chi connectivity index (χ2v) is 6.55. The Morgan fingerprint density at radius 1 is 1.31 bits per heavy atom. The Balaban J connectivity index is 1.93. The standard InChI is InChI=1S/C15H11Cl2F3N4O2/c1-7-6-14(26,15(18,19)20)24(23-7)13(25)12-5-11(21-22-12)8-2-3-9(16)10(17)4-8/h2-5,26H,6H2,1H3,(H,21,22)/t14-/m0/s1. The van der Waals surface area contributed by atoms with Gasteiger partial charge in [0.15, 0.2) is 0 Å². The summed E-state index contributed by atoms with van der Waals surface area (Å²) < 4.78 is 39.7. The molecule has 0 radical (unpaired) electrons. The summed E-state index contributed by atoms with van der Waals surface area (Å²) in [5.41, 5.74) is -2.93. The number of nitrogens with one attached hydrogen (secondary N) is 1. The number of rotatable bonds is 2. The number of aliphatic hydroxyl groups is 1. The molecule has 6 nitrogen and oxygen atoms in total. The van der Waals surface area contributed by atoms with Crippen LogP contribution in [0.3, 0.4) is 0 Å². The first-order chi connectivity index (χ1) is 12.0. The molecule has 3 rings (SSSR count). The molecule has 1 aromatic heterocycles. The van der Waals surface area contributed by atoms with Crippen molar-refractivity contribution in [3.05, 3.63) is 40.0 Å². The van der Waals surface area contributed by atoms with Crippen LogP contribution in [0.1, 0.15) is 23.8 Å². The van der Waals surface area contributed by atoms with Gasteiger partial charge in [-0.15, -0.1) is 0 Å². The Kier molecular flexibility index (Phi) is 4.50. The first-order valence-electron chi connectivity index (χ1n) is 7.21. The van der Waals surface area contributed by atoms with Crippen molar-refractivity contribution >= 4 is 34.8 Å². The highest BCUT2D eigenvalue weighted by atomic mass is 35.5. The minimum Gasteiger partial charge on any atom is -0.362 e. The molecule has 2 N–H and O–H groups in total. The minimum absolute atomic E-state index is 0.0223.